The van der Waals surface area contributed by atoms with Gasteiger partial charge in [-0.15, -0.1) is 0 Å². The number of carbonyl (C=O) groups excluding carboxylic acids is 1. The summed E-state index contributed by atoms with van der Waals surface area (Å²) in [5, 5.41) is 13.6. The summed E-state index contributed by atoms with van der Waals surface area (Å²) in [4.78, 5) is 25.1. The molecule has 0 saturated carbocycles. The van der Waals surface area contributed by atoms with Crippen molar-refractivity contribution >= 4 is 13.7 Å². The lowest BCUT2D eigenvalue weighted by molar-refractivity contribution is -0.870. The van der Waals surface area contributed by atoms with Crippen molar-refractivity contribution < 1.29 is 32.9 Å². The van der Waals surface area contributed by atoms with Crippen molar-refractivity contribution in [2.75, 3.05) is 40.9 Å². The van der Waals surface area contributed by atoms with Gasteiger partial charge in [0.1, 0.15) is 13.2 Å². The van der Waals surface area contributed by atoms with Gasteiger partial charge in [-0.2, -0.15) is 0 Å². The van der Waals surface area contributed by atoms with Crippen LogP contribution in [-0.2, 0) is 18.4 Å². The number of unbranched alkanes of at least 4 members (excludes halogenated alkanes) is 21. The van der Waals surface area contributed by atoms with Crippen LogP contribution in [-0.4, -0.2) is 68.5 Å². The molecular weight excluding hydrogens is 635 g/mol. The van der Waals surface area contributed by atoms with Gasteiger partial charge >= 0.3 is 0 Å². The molecule has 8 nitrogen and oxygen atoms in total. The van der Waals surface area contributed by atoms with Gasteiger partial charge in [-0.3, -0.25) is 9.36 Å². The zero-order valence-corrected chi connectivity index (χ0v) is 33.5. The molecule has 49 heavy (non-hydrogen) atoms. The van der Waals surface area contributed by atoms with Crippen LogP contribution in [0.5, 0.6) is 0 Å². The molecule has 0 aliphatic carbocycles. The van der Waals surface area contributed by atoms with Crippen molar-refractivity contribution in [1.82, 2.24) is 5.32 Å². The molecule has 3 atom stereocenters. The summed E-state index contributed by atoms with van der Waals surface area (Å²) in [6, 6.07) is -0.895. The van der Waals surface area contributed by atoms with Gasteiger partial charge in [0.25, 0.3) is 7.82 Å². The summed E-state index contributed by atoms with van der Waals surface area (Å²) in [6.07, 6.45) is 36.7. The highest BCUT2D eigenvalue weighted by molar-refractivity contribution is 7.45. The number of amides is 1. The molecule has 0 bridgehead atoms. The Bertz CT molecular complexity index is 860. The predicted molar refractivity (Wildman–Crippen MR) is 205 cm³/mol. The van der Waals surface area contributed by atoms with Crippen LogP contribution in [0.3, 0.4) is 0 Å². The number of phosphoric ester groups is 1. The Labute approximate surface area is 303 Å². The third-order valence-corrected chi connectivity index (χ3v) is 9.88. The molecule has 0 heterocycles. The van der Waals surface area contributed by atoms with Crippen LogP contribution < -0.4 is 10.2 Å². The molecule has 290 valence electrons. The molecule has 0 aliphatic heterocycles. The quantitative estimate of drug-likeness (QED) is 0.0290. The summed E-state index contributed by atoms with van der Waals surface area (Å²) in [5.41, 5.74) is 0. The summed E-state index contributed by atoms with van der Waals surface area (Å²) in [7, 11) is 1.24. The number of allylic oxidation sites excluding steroid dienone is 3. The molecular formula is C40H79N2O6P. The molecule has 0 radical (unpaired) electrons. The number of phosphoric acid groups is 1. The van der Waals surface area contributed by atoms with E-state index in [1.165, 1.54) is 116 Å². The van der Waals surface area contributed by atoms with Crippen LogP contribution in [0.25, 0.3) is 0 Å². The van der Waals surface area contributed by atoms with Crippen molar-refractivity contribution in [2.45, 2.75) is 187 Å². The van der Waals surface area contributed by atoms with E-state index in [0.29, 0.717) is 17.4 Å². The molecule has 0 saturated heterocycles. The lowest BCUT2D eigenvalue weighted by Gasteiger charge is -2.29. The first-order valence-electron chi connectivity index (χ1n) is 20.2. The number of carbonyl (C=O) groups is 1. The molecule has 2 N–H and O–H groups in total. The normalized spacial score (nSPS) is 14.8. The SMILES string of the molecule is CCCC/C=C/CC/C=C/C(O)C(COP(=O)([O-])OCC[N+](C)(C)C)NC(=O)CCCCCCCCCCCCCCCCCCCCC. The molecule has 0 fully saturated rings. The number of aliphatic hydroxyl groups excluding tert-OH is 1. The Morgan fingerprint density at radius 3 is 1.63 bits per heavy atom. The Morgan fingerprint density at radius 1 is 0.694 bits per heavy atom. The van der Waals surface area contributed by atoms with Gasteiger partial charge in [0.05, 0.1) is 39.9 Å². The fourth-order valence-corrected chi connectivity index (χ4v) is 6.35. The first-order chi connectivity index (χ1) is 23.5. The van der Waals surface area contributed by atoms with E-state index >= 15 is 0 Å². The number of hydrogen-bond donors (Lipinski definition) is 2. The van der Waals surface area contributed by atoms with Crippen LogP contribution in [0.4, 0.5) is 0 Å². The highest BCUT2D eigenvalue weighted by atomic mass is 31.2. The third kappa shape index (κ3) is 35.2. The zero-order chi connectivity index (χ0) is 36.5. The molecule has 0 rings (SSSR count). The standard InChI is InChI=1S/C40H79N2O6P/c1-6-8-10-12-14-16-17-18-19-20-21-22-23-24-25-26-28-30-32-34-40(44)41-38(37-48-49(45,46)47-36-35-42(3,4)5)39(43)33-31-29-27-15-13-11-9-7-2/h13,15,31,33,38-39,43H,6-12,14,16-30,32,34-37H2,1-5H3,(H-,41,44,45,46)/b15-13+,33-31+. The van der Waals surface area contributed by atoms with Gasteiger partial charge in [0, 0.05) is 6.42 Å². The van der Waals surface area contributed by atoms with Crippen LogP contribution in [0.15, 0.2) is 24.3 Å². The van der Waals surface area contributed by atoms with E-state index in [0.717, 1.165) is 38.5 Å². The highest BCUT2D eigenvalue weighted by Gasteiger charge is 2.23. The number of hydrogen-bond acceptors (Lipinski definition) is 6. The van der Waals surface area contributed by atoms with Crippen LogP contribution >= 0.6 is 7.82 Å². The average molecular weight is 715 g/mol. The topological polar surface area (TPSA) is 108 Å². The Kier molecular flexibility index (Phi) is 32.2. The van der Waals surface area contributed by atoms with Gasteiger partial charge in [-0.05, 0) is 25.7 Å². The largest absolute Gasteiger partial charge is 0.756 e. The maximum absolute atomic E-state index is 12.8. The third-order valence-electron chi connectivity index (χ3n) is 8.91. The van der Waals surface area contributed by atoms with Gasteiger partial charge in [0.2, 0.25) is 5.91 Å². The molecule has 0 aromatic heterocycles. The Hall–Kier alpha value is -1.02. The highest BCUT2D eigenvalue weighted by Crippen LogP contribution is 2.38. The van der Waals surface area contributed by atoms with Crippen molar-refractivity contribution in [3.8, 4) is 0 Å². The first-order valence-corrected chi connectivity index (χ1v) is 21.7. The van der Waals surface area contributed by atoms with Gasteiger partial charge in [-0.1, -0.05) is 167 Å². The summed E-state index contributed by atoms with van der Waals surface area (Å²) < 4.78 is 23.0. The second kappa shape index (κ2) is 32.9. The minimum atomic E-state index is -4.58. The van der Waals surface area contributed by atoms with Crippen molar-refractivity contribution in [3.05, 3.63) is 24.3 Å². The van der Waals surface area contributed by atoms with Crippen molar-refractivity contribution in [3.63, 3.8) is 0 Å². The minimum absolute atomic E-state index is 0.00503. The van der Waals surface area contributed by atoms with E-state index in [-0.39, 0.29) is 12.5 Å². The number of aliphatic hydroxyl groups is 1. The molecule has 1 amide bonds. The van der Waals surface area contributed by atoms with Crippen LogP contribution in [0.1, 0.15) is 174 Å². The molecule has 3 unspecified atom stereocenters. The predicted octanol–water partition coefficient (Wildman–Crippen LogP) is 9.94. The van der Waals surface area contributed by atoms with E-state index in [2.05, 4.69) is 31.3 Å². The lowest BCUT2D eigenvalue weighted by Crippen LogP contribution is -2.45. The summed E-state index contributed by atoms with van der Waals surface area (Å²) in [6.45, 7) is 4.54. The summed E-state index contributed by atoms with van der Waals surface area (Å²) in [5.74, 6) is -0.210. The molecule has 9 heteroatoms. The second-order valence-electron chi connectivity index (χ2n) is 15.0. The van der Waals surface area contributed by atoms with Gasteiger partial charge < -0.3 is 28.8 Å². The second-order valence-corrected chi connectivity index (χ2v) is 16.4. The number of nitrogens with one attached hydrogen (secondary N) is 1. The maximum atomic E-state index is 12.8. The fourth-order valence-electron chi connectivity index (χ4n) is 5.62. The maximum Gasteiger partial charge on any atom is 0.268 e. The zero-order valence-electron chi connectivity index (χ0n) is 32.6. The summed E-state index contributed by atoms with van der Waals surface area (Å²) >= 11 is 0. The lowest BCUT2D eigenvalue weighted by atomic mass is 10.0. The van der Waals surface area contributed by atoms with E-state index in [9.17, 15) is 19.4 Å². The molecule has 0 spiro atoms. The van der Waals surface area contributed by atoms with E-state index in [1.54, 1.807) is 6.08 Å². The molecule has 0 aliphatic rings. The number of rotatable bonds is 36. The number of nitrogens with zero attached hydrogens (tertiary/aromatic N) is 1. The van der Waals surface area contributed by atoms with Crippen LogP contribution in [0.2, 0.25) is 0 Å². The van der Waals surface area contributed by atoms with Crippen molar-refractivity contribution in [2.24, 2.45) is 0 Å². The minimum Gasteiger partial charge on any atom is -0.756 e. The fraction of sp³-hybridized carbons (Fsp3) is 0.875. The van der Waals surface area contributed by atoms with Gasteiger partial charge in [0.15, 0.2) is 0 Å². The molecule has 0 aromatic rings. The van der Waals surface area contributed by atoms with E-state index < -0.39 is 26.6 Å². The monoisotopic (exact) mass is 715 g/mol. The number of quaternary nitrogens is 1. The Balaban J connectivity index is 4.29. The van der Waals surface area contributed by atoms with Crippen molar-refractivity contribution in [1.29, 1.82) is 0 Å². The van der Waals surface area contributed by atoms with E-state index in [1.807, 2.05) is 27.2 Å². The van der Waals surface area contributed by atoms with Gasteiger partial charge in [-0.25, -0.2) is 0 Å². The smallest absolute Gasteiger partial charge is 0.268 e. The average Bonchev–Trinajstić information content (AvgIpc) is 3.04. The van der Waals surface area contributed by atoms with Crippen LogP contribution in [0, 0.1) is 0 Å². The molecule has 0 aromatic carbocycles. The Morgan fingerprint density at radius 2 is 1.14 bits per heavy atom. The van der Waals surface area contributed by atoms with E-state index in [4.69, 9.17) is 9.05 Å². The number of likely N-dealkylation sites (N-methyl/N-ethyl adjacent to an activating group) is 1. The first kappa shape index (κ1) is 48.0.